The molecule has 0 aliphatic rings. The van der Waals surface area contributed by atoms with Crippen molar-refractivity contribution < 1.29 is 14.3 Å². The molecule has 0 aliphatic heterocycles. The highest BCUT2D eigenvalue weighted by atomic mass is 16.4. The maximum absolute atomic E-state index is 11.3. The topological polar surface area (TPSA) is 81.2 Å². The number of nitrogens with zero attached hydrogens (tertiary/aromatic N) is 3. The first-order chi connectivity index (χ1) is 9.69. The third kappa shape index (κ3) is 2.05. The summed E-state index contributed by atoms with van der Waals surface area (Å²) in [6.45, 7) is 2.30. The Hall–Kier alpha value is -2.63. The summed E-state index contributed by atoms with van der Waals surface area (Å²) >= 11 is 0. The first-order valence-electron chi connectivity index (χ1n) is 6.31. The van der Waals surface area contributed by atoms with Gasteiger partial charge >= 0.3 is 5.97 Å². The van der Waals surface area contributed by atoms with Crippen molar-refractivity contribution in [1.29, 1.82) is 0 Å². The van der Waals surface area contributed by atoms with Gasteiger partial charge in [0.05, 0.1) is 11.1 Å². The maximum Gasteiger partial charge on any atom is 0.337 e. The third-order valence-corrected chi connectivity index (χ3v) is 3.14. The van der Waals surface area contributed by atoms with Crippen LogP contribution in [0.1, 0.15) is 29.1 Å². The second kappa shape index (κ2) is 4.80. The monoisotopic (exact) mass is 271 g/mol. The van der Waals surface area contributed by atoms with E-state index in [-0.39, 0.29) is 5.56 Å². The minimum atomic E-state index is -0.949. The smallest absolute Gasteiger partial charge is 0.337 e. The van der Waals surface area contributed by atoms with Crippen LogP contribution in [0, 0.1) is 0 Å². The Morgan fingerprint density at radius 2 is 2.10 bits per heavy atom. The summed E-state index contributed by atoms with van der Waals surface area (Å²) in [4.78, 5) is 11.3. The van der Waals surface area contributed by atoms with Crippen LogP contribution in [0.15, 0.2) is 34.9 Å². The highest BCUT2D eigenvalue weighted by Crippen LogP contribution is 2.21. The molecule has 0 saturated carbocycles. The molecule has 6 nitrogen and oxygen atoms in total. The lowest BCUT2D eigenvalue weighted by molar-refractivity contribution is 0.0698. The van der Waals surface area contributed by atoms with Crippen LogP contribution in [-0.4, -0.2) is 25.8 Å². The van der Waals surface area contributed by atoms with Gasteiger partial charge in [-0.1, -0.05) is 19.1 Å². The Bertz CT molecular complexity index is 773. The SMILES string of the molecule is CCc1nnc(Cn2ccc3cccc(C(=O)O)c32)o1. The molecule has 2 heterocycles. The summed E-state index contributed by atoms with van der Waals surface area (Å²) in [6.07, 6.45) is 2.51. The standard InChI is InChI=1S/C14H13N3O3/c1-2-11-15-16-12(20-11)8-17-7-6-9-4-3-5-10(13(9)17)14(18)19/h3-7H,2,8H2,1H3,(H,18,19). The highest BCUT2D eigenvalue weighted by molar-refractivity contribution is 6.02. The van der Waals surface area contributed by atoms with E-state index in [0.717, 1.165) is 5.39 Å². The zero-order valence-electron chi connectivity index (χ0n) is 10.9. The van der Waals surface area contributed by atoms with Crippen LogP contribution in [-0.2, 0) is 13.0 Å². The van der Waals surface area contributed by atoms with Gasteiger partial charge in [-0.25, -0.2) is 4.79 Å². The van der Waals surface area contributed by atoms with Gasteiger partial charge in [-0.3, -0.25) is 0 Å². The zero-order valence-corrected chi connectivity index (χ0v) is 10.9. The van der Waals surface area contributed by atoms with Crippen molar-refractivity contribution in [2.75, 3.05) is 0 Å². The van der Waals surface area contributed by atoms with Gasteiger partial charge in [-0.15, -0.1) is 10.2 Å². The number of carbonyl (C=O) groups is 1. The fourth-order valence-corrected chi connectivity index (χ4v) is 2.21. The van der Waals surface area contributed by atoms with E-state index in [1.165, 1.54) is 0 Å². The van der Waals surface area contributed by atoms with Crippen molar-refractivity contribution in [3.8, 4) is 0 Å². The second-order valence-electron chi connectivity index (χ2n) is 4.44. The van der Waals surface area contributed by atoms with Crippen molar-refractivity contribution in [2.45, 2.75) is 19.9 Å². The largest absolute Gasteiger partial charge is 0.478 e. The van der Waals surface area contributed by atoms with Crippen LogP contribution in [0.4, 0.5) is 0 Å². The Balaban J connectivity index is 2.05. The van der Waals surface area contributed by atoms with Crippen molar-refractivity contribution in [1.82, 2.24) is 14.8 Å². The van der Waals surface area contributed by atoms with Gasteiger partial charge in [-0.05, 0) is 12.1 Å². The van der Waals surface area contributed by atoms with Crippen LogP contribution in [0.25, 0.3) is 10.9 Å². The molecule has 2 aromatic heterocycles. The number of aryl methyl sites for hydroxylation is 1. The minimum absolute atomic E-state index is 0.266. The molecule has 102 valence electrons. The number of aromatic carboxylic acids is 1. The summed E-state index contributed by atoms with van der Waals surface area (Å²) in [7, 11) is 0. The highest BCUT2D eigenvalue weighted by Gasteiger charge is 2.14. The number of rotatable bonds is 4. The molecule has 0 bridgehead atoms. The summed E-state index contributed by atoms with van der Waals surface area (Å²) in [5.41, 5.74) is 0.930. The van der Waals surface area contributed by atoms with Crippen LogP contribution in [0.2, 0.25) is 0 Å². The molecule has 0 spiro atoms. The van der Waals surface area contributed by atoms with E-state index in [2.05, 4.69) is 10.2 Å². The van der Waals surface area contributed by atoms with Crippen LogP contribution < -0.4 is 0 Å². The molecule has 0 unspecified atom stereocenters. The van der Waals surface area contributed by atoms with Gasteiger partial charge in [0.25, 0.3) is 0 Å². The molecule has 0 fully saturated rings. The van der Waals surface area contributed by atoms with E-state index < -0.39 is 5.97 Å². The molecule has 6 heteroatoms. The molecule has 3 rings (SSSR count). The van der Waals surface area contributed by atoms with E-state index in [9.17, 15) is 9.90 Å². The van der Waals surface area contributed by atoms with Gasteiger partial charge in [-0.2, -0.15) is 0 Å². The number of hydrogen-bond donors (Lipinski definition) is 1. The maximum atomic E-state index is 11.3. The quantitative estimate of drug-likeness (QED) is 0.787. The van der Waals surface area contributed by atoms with E-state index in [0.29, 0.717) is 30.3 Å². The van der Waals surface area contributed by atoms with Gasteiger partial charge in [0, 0.05) is 18.0 Å². The molecule has 20 heavy (non-hydrogen) atoms. The fourth-order valence-electron chi connectivity index (χ4n) is 2.21. The summed E-state index contributed by atoms with van der Waals surface area (Å²) in [6, 6.07) is 7.08. The number of carboxylic acid groups (broad SMARTS) is 1. The van der Waals surface area contributed by atoms with Crippen molar-refractivity contribution in [2.24, 2.45) is 0 Å². The first kappa shape index (κ1) is 12.4. The number of benzene rings is 1. The zero-order chi connectivity index (χ0) is 14.1. The Morgan fingerprint density at radius 3 is 2.80 bits per heavy atom. The molecule has 0 radical (unpaired) electrons. The number of carboxylic acids is 1. The molecule has 0 aliphatic carbocycles. The van der Waals surface area contributed by atoms with Crippen LogP contribution >= 0.6 is 0 Å². The molecule has 0 saturated heterocycles. The second-order valence-corrected chi connectivity index (χ2v) is 4.44. The van der Waals surface area contributed by atoms with E-state index >= 15 is 0 Å². The van der Waals surface area contributed by atoms with Crippen LogP contribution in [0.5, 0.6) is 0 Å². The predicted octanol–water partition coefficient (Wildman–Crippen LogP) is 2.33. The average molecular weight is 271 g/mol. The average Bonchev–Trinajstić information content (AvgIpc) is 3.06. The molecule has 0 atom stereocenters. The molecule has 0 amide bonds. The molecular weight excluding hydrogens is 258 g/mol. The third-order valence-electron chi connectivity index (χ3n) is 3.14. The van der Waals surface area contributed by atoms with E-state index in [4.69, 9.17) is 4.42 Å². The lowest BCUT2D eigenvalue weighted by atomic mass is 10.1. The van der Waals surface area contributed by atoms with E-state index in [1.807, 2.05) is 29.8 Å². The first-order valence-corrected chi connectivity index (χ1v) is 6.31. The molecular formula is C14H13N3O3. The summed E-state index contributed by atoms with van der Waals surface area (Å²) in [5.74, 6) is 0.102. The fraction of sp³-hybridized carbons (Fsp3) is 0.214. The van der Waals surface area contributed by atoms with Crippen LogP contribution in [0.3, 0.4) is 0 Å². The predicted molar refractivity (Wildman–Crippen MR) is 71.7 cm³/mol. The van der Waals surface area contributed by atoms with Crippen molar-refractivity contribution in [3.05, 3.63) is 47.8 Å². The molecule has 3 aromatic rings. The van der Waals surface area contributed by atoms with Crippen molar-refractivity contribution in [3.63, 3.8) is 0 Å². The van der Waals surface area contributed by atoms with Gasteiger partial charge in [0.15, 0.2) is 0 Å². The lowest BCUT2D eigenvalue weighted by Crippen LogP contribution is -2.04. The number of para-hydroxylation sites is 1. The minimum Gasteiger partial charge on any atom is -0.478 e. The van der Waals surface area contributed by atoms with E-state index in [1.54, 1.807) is 12.1 Å². The van der Waals surface area contributed by atoms with Gasteiger partial charge in [0.2, 0.25) is 11.8 Å². The number of aromatic nitrogens is 3. The van der Waals surface area contributed by atoms with Gasteiger partial charge < -0.3 is 14.1 Å². The normalized spacial score (nSPS) is 11.1. The Kier molecular flexibility index (Phi) is 2.98. The summed E-state index contributed by atoms with van der Waals surface area (Å²) < 4.78 is 7.28. The Morgan fingerprint density at radius 1 is 1.30 bits per heavy atom. The molecule has 1 aromatic carbocycles. The number of fused-ring (bicyclic) bond motifs is 1. The number of hydrogen-bond acceptors (Lipinski definition) is 4. The Labute approximate surface area is 114 Å². The molecule has 1 N–H and O–H groups in total. The lowest BCUT2D eigenvalue weighted by Gasteiger charge is -2.04. The van der Waals surface area contributed by atoms with Crippen molar-refractivity contribution >= 4 is 16.9 Å². The summed E-state index contributed by atoms with van der Waals surface area (Å²) in [5, 5.41) is 18.0. The van der Waals surface area contributed by atoms with Gasteiger partial charge in [0.1, 0.15) is 6.54 Å².